The highest BCUT2D eigenvalue weighted by Crippen LogP contribution is 2.64. The third-order valence-corrected chi connectivity index (χ3v) is 7.57. The molecule has 2 bridgehead atoms. The van der Waals surface area contributed by atoms with Gasteiger partial charge < -0.3 is 5.11 Å². The lowest BCUT2D eigenvalue weighted by molar-refractivity contribution is -0.149. The van der Waals surface area contributed by atoms with Gasteiger partial charge in [0.15, 0.2) is 0 Å². The second-order valence-electron chi connectivity index (χ2n) is 8.76. The fourth-order valence-corrected chi connectivity index (χ4v) is 6.40. The van der Waals surface area contributed by atoms with Crippen molar-refractivity contribution < 1.29 is 19.5 Å². The number of hydrogen-bond donors (Lipinski definition) is 1. The zero-order valence-electron chi connectivity index (χ0n) is 17.5. The van der Waals surface area contributed by atoms with Crippen molar-refractivity contribution in [1.82, 2.24) is 0 Å². The molecule has 1 N–H and O–H groups in total. The highest BCUT2D eigenvalue weighted by molar-refractivity contribution is 6.25. The smallest absolute Gasteiger partial charge is 0.319 e. The summed E-state index contributed by atoms with van der Waals surface area (Å²) in [5.41, 5.74) is 2.79. The van der Waals surface area contributed by atoms with Gasteiger partial charge in [-0.15, -0.1) is 0 Å². The van der Waals surface area contributed by atoms with Crippen molar-refractivity contribution in [3.8, 4) is 0 Å². The van der Waals surface area contributed by atoms with Crippen molar-refractivity contribution in [1.29, 1.82) is 0 Å². The highest BCUT2D eigenvalue weighted by Gasteiger charge is 2.71. The molecule has 3 aromatic rings. The number of carboxylic acids is 1. The number of para-hydroxylation sites is 1. The molecule has 3 aromatic carbocycles. The van der Waals surface area contributed by atoms with Crippen LogP contribution in [0, 0.1) is 11.8 Å². The minimum atomic E-state index is -1.59. The van der Waals surface area contributed by atoms with Crippen LogP contribution in [0.5, 0.6) is 0 Å². The zero-order valence-corrected chi connectivity index (χ0v) is 17.5. The average Bonchev–Trinajstić information content (AvgIpc) is 3.09. The molecule has 0 radical (unpaired) electrons. The Morgan fingerprint density at radius 2 is 1.44 bits per heavy atom. The van der Waals surface area contributed by atoms with Gasteiger partial charge in [-0.2, -0.15) is 0 Å². The molecule has 4 aliphatic rings. The lowest BCUT2D eigenvalue weighted by atomic mass is 9.47. The molecule has 0 spiro atoms. The number of aliphatic carboxylic acids is 1. The summed E-state index contributed by atoms with van der Waals surface area (Å²) >= 11 is 0. The number of benzene rings is 3. The number of imide groups is 1. The lowest BCUT2D eigenvalue weighted by Crippen LogP contribution is -2.57. The van der Waals surface area contributed by atoms with Crippen LogP contribution in [0.3, 0.4) is 0 Å². The van der Waals surface area contributed by atoms with Gasteiger partial charge in [0.2, 0.25) is 11.8 Å². The van der Waals surface area contributed by atoms with Gasteiger partial charge in [-0.25, -0.2) is 4.90 Å². The number of hydrogen-bond acceptors (Lipinski definition) is 3. The fraction of sp³-hybridized carbons (Fsp3) is 0.222. The van der Waals surface area contributed by atoms with Crippen molar-refractivity contribution in [3.63, 3.8) is 0 Å². The van der Waals surface area contributed by atoms with Crippen LogP contribution in [0.15, 0.2) is 72.8 Å². The van der Waals surface area contributed by atoms with E-state index in [2.05, 4.69) is 0 Å². The van der Waals surface area contributed by atoms with E-state index in [4.69, 9.17) is 0 Å². The maximum atomic E-state index is 14.0. The number of carbonyl (C=O) groups excluding carboxylic acids is 2. The Morgan fingerprint density at radius 3 is 2.03 bits per heavy atom. The van der Waals surface area contributed by atoms with Gasteiger partial charge in [0.25, 0.3) is 0 Å². The van der Waals surface area contributed by atoms with Crippen LogP contribution < -0.4 is 4.90 Å². The van der Waals surface area contributed by atoms with Crippen LogP contribution in [0.4, 0.5) is 5.69 Å². The van der Waals surface area contributed by atoms with Gasteiger partial charge >= 0.3 is 5.97 Å². The molecule has 5 heteroatoms. The first-order chi connectivity index (χ1) is 15.5. The molecule has 158 valence electrons. The number of aryl methyl sites for hydroxylation is 1. The summed E-state index contributed by atoms with van der Waals surface area (Å²) in [6.45, 7) is 1.98. The molecule has 1 heterocycles. The third kappa shape index (κ3) is 2.01. The molecule has 1 fully saturated rings. The van der Waals surface area contributed by atoms with Crippen molar-refractivity contribution in [2.75, 3.05) is 4.90 Å². The quantitative estimate of drug-likeness (QED) is 0.649. The van der Waals surface area contributed by atoms with Crippen molar-refractivity contribution in [2.45, 2.75) is 24.7 Å². The predicted molar refractivity (Wildman–Crippen MR) is 118 cm³/mol. The van der Waals surface area contributed by atoms with E-state index in [0.717, 1.165) is 16.7 Å². The van der Waals surface area contributed by atoms with E-state index in [1.807, 2.05) is 73.7 Å². The average molecular weight is 423 g/mol. The monoisotopic (exact) mass is 423 g/mol. The van der Waals surface area contributed by atoms with E-state index in [9.17, 15) is 19.5 Å². The zero-order chi connectivity index (χ0) is 22.2. The molecule has 1 aliphatic heterocycles. The maximum Gasteiger partial charge on any atom is 0.319 e. The highest BCUT2D eigenvalue weighted by atomic mass is 16.4. The second-order valence-corrected chi connectivity index (χ2v) is 8.76. The molecule has 7 rings (SSSR count). The normalized spacial score (nSPS) is 27.2. The molecule has 0 saturated carbocycles. The SMILES string of the molecule is CCc1ccccc1N1C(=O)[C@@H]2C3c4ccccc4C(C(=O)O)(c4ccccc43)[C@@H]2C1=O. The first-order valence-electron chi connectivity index (χ1n) is 10.9. The summed E-state index contributed by atoms with van der Waals surface area (Å²) in [7, 11) is 0. The van der Waals surface area contributed by atoms with E-state index in [1.54, 1.807) is 6.07 Å². The number of carboxylic acid groups (broad SMARTS) is 1. The number of nitrogens with zero attached hydrogens (tertiary/aromatic N) is 1. The summed E-state index contributed by atoms with van der Waals surface area (Å²) in [5.74, 6) is -3.88. The van der Waals surface area contributed by atoms with Crippen LogP contribution in [0.1, 0.15) is 40.7 Å². The number of anilines is 1. The summed E-state index contributed by atoms with van der Waals surface area (Å²) in [5, 5.41) is 10.7. The molecule has 1 saturated heterocycles. The molecule has 2 atom stereocenters. The summed E-state index contributed by atoms with van der Waals surface area (Å²) < 4.78 is 0. The third-order valence-electron chi connectivity index (χ3n) is 7.57. The standard InChI is InChI=1S/C27H21NO4/c1-2-15-9-3-8-14-20(15)28-24(29)22-21-16-10-4-6-12-18(16)27(26(31)32,23(22)25(28)30)19-13-7-5-11-17(19)21/h3-14,21-23H,2H2,1H3,(H,31,32)/t21?,22-,23+,27?/m1/s1. The maximum absolute atomic E-state index is 14.0. The molecule has 2 amide bonds. The van der Waals surface area contributed by atoms with E-state index < -0.39 is 29.1 Å². The molecule has 3 aliphatic carbocycles. The number of carbonyl (C=O) groups is 3. The topological polar surface area (TPSA) is 74.7 Å². The Balaban J connectivity index is 1.67. The number of amides is 2. The van der Waals surface area contributed by atoms with Crippen molar-refractivity contribution >= 4 is 23.5 Å². The molecule has 0 unspecified atom stereocenters. The second kappa shape index (κ2) is 6.39. The minimum Gasteiger partial charge on any atom is -0.480 e. The van der Waals surface area contributed by atoms with Crippen LogP contribution in [0.2, 0.25) is 0 Å². The minimum absolute atomic E-state index is 0.305. The predicted octanol–water partition coefficient (Wildman–Crippen LogP) is 3.88. The molecule has 0 aromatic heterocycles. The molecule has 32 heavy (non-hydrogen) atoms. The van der Waals surface area contributed by atoms with E-state index in [0.29, 0.717) is 23.2 Å². The first-order valence-corrected chi connectivity index (χ1v) is 10.9. The van der Waals surface area contributed by atoms with Crippen molar-refractivity contribution in [3.05, 3.63) is 101 Å². The summed E-state index contributed by atoms with van der Waals surface area (Å²) in [6, 6.07) is 22.2. The van der Waals surface area contributed by atoms with Crippen LogP contribution >= 0.6 is 0 Å². The van der Waals surface area contributed by atoms with E-state index in [1.165, 1.54) is 4.90 Å². The van der Waals surface area contributed by atoms with Crippen LogP contribution in [-0.2, 0) is 26.2 Å². The van der Waals surface area contributed by atoms with E-state index in [-0.39, 0.29) is 11.8 Å². The summed E-state index contributed by atoms with van der Waals surface area (Å²) in [4.78, 5) is 42.3. The molecular weight excluding hydrogens is 402 g/mol. The van der Waals surface area contributed by atoms with Gasteiger partial charge in [-0.1, -0.05) is 73.7 Å². The number of rotatable bonds is 3. The molecule has 5 nitrogen and oxygen atoms in total. The van der Waals surface area contributed by atoms with Gasteiger partial charge in [0.05, 0.1) is 17.5 Å². The Bertz CT molecular complexity index is 1280. The van der Waals surface area contributed by atoms with Crippen LogP contribution in [-0.4, -0.2) is 22.9 Å². The Morgan fingerprint density at radius 1 is 0.875 bits per heavy atom. The largest absolute Gasteiger partial charge is 0.480 e. The summed E-state index contributed by atoms with van der Waals surface area (Å²) in [6.07, 6.45) is 0.663. The Labute approximate surface area is 185 Å². The van der Waals surface area contributed by atoms with Gasteiger partial charge in [-0.05, 0) is 40.3 Å². The van der Waals surface area contributed by atoms with Gasteiger partial charge in [-0.3, -0.25) is 14.4 Å². The van der Waals surface area contributed by atoms with Crippen molar-refractivity contribution in [2.24, 2.45) is 11.8 Å². The lowest BCUT2D eigenvalue weighted by Gasteiger charge is -2.51. The Kier molecular flexibility index (Phi) is 3.79. The molecular formula is C27H21NO4. The van der Waals surface area contributed by atoms with Gasteiger partial charge in [0, 0.05) is 5.92 Å². The van der Waals surface area contributed by atoms with Gasteiger partial charge in [0.1, 0.15) is 5.41 Å². The first kappa shape index (κ1) is 19.0. The van der Waals surface area contributed by atoms with Crippen LogP contribution in [0.25, 0.3) is 0 Å². The van der Waals surface area contributed by atoms with E-state index >= 15 is 0 Å². The fourth-order valence-electron chi connectivity index (χ4n) is 6.40. The Hall–Kier alpha value is -3.73.